The van der Waals surface area contributed by atoms with Gasteiger partial charge in [-0.2, -0.15) is 0 Å². The number of hydrogen-bond acceptors (Lipinski definition) is 4. The van der Waals surface area contributed by atoms with Gasteiger partial charge in [-0.1, -0.05) is 155 Å². The van der Waals surface area contributed by atoms with Crippen LogP contribution in [0.4, 0.5) is 0 Å². The second-order valence-corrected chi connectivity index (χ2v) is 16.3. The van der Waals surface area contributed by atoms with Gasteiger partial charge in [-0.25, -0.2) is 13.6 Å². The normalized spacial score (nSPS) is 13.2. The van der Waals surface area contributed by atoms with E-state index in [0.29, 0.717) is 12.8 Å². The molecule has 6 heteroatoms. The molecule has 0 aromatic heterocycles. The molecule has 0 saturated carbocycles. The third kappa shape index (κ3) is 28.3. The van der Waals surface area contributed by atoms with Crippen molar-refractivity contribution in [1.82, 2.24) is 0 Å². The van der Waals surface area contributed by atoms with E-state index >= 15 is 0 Å². The van der Waals surface area contributed by atoms with Crippen molar-refractivity contribution in [3.8, 4) is 0 Å². The molecule has 0 amide bonds. The van der Waals surface area contributed by atoms with Gasteiger partial charge in [-0.3, -0.25) is 9.59 Å². The van der Waals surface area contributed by atoms with Crippen molar-refractivity contribution in [3.63, 3.8) is 0 Å². The average molecular weight is 680 g/mol. The molecule has 0 aliphatic rings. The van der Waals surface area contributed by atoms with Gasteiger partial charge in [0, 0.05) is 24.2 Å². The molecule has 5 nitrogen and oxygen atoms in total. The summed E-state index contributed by atoms with van der Waals surface area (Å²) in [7, 11) is -3.88. The van der Waals surface area contributed by atoms with Crippen LogP contribution >= 0.6 is 0 Å². The predicted molar refractivity (Wildman–Crippen MR) is 204 cm³/mol. The van der Waals surface area contributed by atoms with Gasteiger partial charge in [-0.15, -0.1) is 0 Å². The molecule has 0 spiro atoms. The molecule has 2 N–H and O–H groups in total. The monoisotopic (exact) mass is 680 g/mol. The number of allylic oxidation sites excluding steroid dienone is 4. The highest BCUT2D eigenvalue weighted by Crippen LogP contribution is 2.33. The molecular weight excluding hydrogens is 603 g/mol. The molecule has 1 unspecified atom stereocenters. The number of carbonyl (C=O) groups excluding carboxylic acids is 2. The molecule has 0 heterocycles. The lowest BCUT2D eigenvalue weighted by Gasteiger charge is -2.31. The Morgan fingerprint density at radius 1 is 0.532 bits per heavy atom. The first kappa shape index (κ1) is 45.7. The zero-order valence-corrected chi connectivity index (χ0v) is 32.3. The van der Waals surface area contributed by atoms with Crippen molar-refractivity contribution in [3.05, 3.63) is 24.3 Å². The molecule has 0 saturated heterocycles. The Kier molecular flexibility index (Phi) is 29.9. The summed E-state index contributed by atoms with van der Waals surface area (Å²) in [4.78, 5) is 26.5. The summed E-state index contributed by atoms with van der Waals surface area (Å²) >= 11 is 0. The van der Waals surface area contributed by atoms with Crippen molar-refractivity contribution in [2.45, 2.75) is 207 Å². The third-order valence-electron chi connectivity index (χ3n) is 9.73. The minimum atomic E-state index is -3.88. The van der Waals surface area contributed by atoms with Gasteiger partial charge in [0.1, 0.15) is 11.6 Å². The first-order valence-electron chi connectivity index (χ1n) is 19.9. The van der Waals surface area contributed by atoms with Crippen molar-refractivity contribution in [1.29, 1.82) is 0 Å². The van der Waals surface area contributed by atoms with Crippen LogP contribution in [0.3, 0.4) is 0 Å². The van der Waals surface area contributed by atoms with Gasteiger partial charge in [0.05, 0.1) is 5.75 Å². The molecule has 276 valence electrons. The fourth-order valence-corrected chi connectivity index (χ4v) is 7.42. The van der Waals surface area contributed by atoms with Crippen LogP contribution in [0.5, 0.6) is 0 Å². The maximum Gasteiger partial charge on any atom is 0.209 e. The van der Waals surface area contributed by atoms with Crippen LogP contribution in [0.15, 0.2) is 24.3 Å². The molecule has 0 fully saturated rings. The highest BCUT2D eigenvalue weighted by molar-refractivity contribution is 7.89. The topological polar surface area (TPSA) is 94.3 Å². The van der Waals surface area contributed by atoms with E-state index in [0.717, 1.165) is 70.6 Å². The minimum absolute atomic E-state index is 0.0262. The largest absolute Gasteiger partial charge is 0.299 e. The molecule has 0 aromatic rings. The maximum absolute atomic E-state index is 13.2. The van der Waals surface area contributed by atoms with Crippen LogP contribution in [0.2, 0.25) is 0 Å². The number of primary sulfonamides is 1. The molecule has 0 rings (SSSR count). The van der Waals surface area contributed by atoms with Gasteiger partial charge in [-0.05, 0) is 64.2 Å². The van der Waals surface area contributed by atoms with Gasteiger partial charge < -0.3 is 0 Å². The Bertz CT molecular complexity index is 922. The SMILES string of the molecule is CCCCCCCC/C=C\CCCCCCCC(=O)C(CS(N)(=O)=O)C(C)(C)C(=O)CCCCCCC/C=C\CCCCCCCC. The van der Waals surface area contributed by atoms with Crippen molar-refractivity contribution < 1.29 is 18.0 Å². The number of unbranched alkanes of at least 4 members (excludes halogenated alkanes) is 22. The summed E-state index contributed by atoms with van der Waals surface area (Å²) in [5, 5.41) is 5.39. The van der Waals surface area contributed by atoms with Crippen LogP contribution in [0.1, 0.15) is 207 Å². The number of sulfonamides is 1. The highest BCUT2D eigenvalue weighted by atomic mass is 32.2. The van der Waals surface area contributed by atoms with Crippen LogP contribution in [-0.4, -0.2) is 25.7 Å². The van der Waals surface area contributed by atoms with E-state index in [-0.39, 0.29) is 11.6 Å². The molecule has 0 aliphatic carbocycles. The number of nitrogens with two attached hydrogens (primary N) is 1. The summed E-state index contributed by atoms with van der Waals surface area (Å²) in [6, 6.07) is 0. The first-order chi connectivity index (χ1) is 22.6. The summed E-state index contributed by atoms with van der Waals surface area (Å²) in [5.74, 6) is -1.51. The zero-order chi connectivity index (χ0) is 35.1. The van der Waals surface area contributed by atoms with Gasteiger partial charge in [0.15, 0.2) is 0 Å². The second-order valence-electron chi connectivity index (χ2n) is 14.7. The number of carbonyl (C=O) groups is 2. The molecule has 0 aromatic carbocycles. The minimum Gasteiger partial charge on any atom is -0.299 e. The molecular formula is C41H77NO4S. The van der Waals surface area contributed by atoms with E-state index < -0.39 is 27.1 Å². The van der Waals surface area contributed by atoms with E-state index in [4.69, 9.17) is 5.14 Å². The molecule has 0 radical (unpaired) electrons. The van der Waals surface area contributed by atoms with E-state index in [1.54, 1.807) is 13.8 Å². The van der Waals surface area contributed by atoms with Gasteiger partial charge >= 0.3 is 0 Å². The van der Waals surface area contributed by atoms with Gasteiger partial charge in [0.2, 0.25) is 10.0 Å². The molecule has 0 aliphatic heterocycles. The zero-order valence-electron chi connectivity index (χ0n) is 31.5. The molecule has 47 heavy (non-hydrogen) atoms. The van der Waals surface area contributed by atoms with E-state index in [1.807, 2.05) is 0 Å². The number of rotatable bonds is 35. The fourth-order valence-electron chi connectivity index (χ4n) is 6.35. The van der Waals surface area contributed by atoms with Crippen LogP contribution in [0.25, 0.3) is 0 Å². The van der Waals surface area contributed by atoms with E-state index in [2.05, 4.69) is 38.2 Å². The molecule has 0 bridgehead atoms. The summed E-state index contributed by atoms with van der Waals surface area (Å²) in [6.07, 6.45) is 40.8. The fraction of sp³-hybridized carbons (Fsp3) is 0.854. The van der Waals surface area contributed by atoms with Crippen LogP contribution < -0.4 is 5.14 Å². The Hall–Kier alpha value is -1.27. The summed E-state index contributed by atoms with van der Waals surface area (Å²) in [5.41, 5.74) is -1.04. The standard InChI is InChI=1S/C41H77NO4S/c1-5-7-9-11-13-15-17-19-21-23-25-27-29-31-33-35-39(43)38(37-47(42,45)46)41(3,4)40(44)36-34-32-30-28-26-24-22-20-18-16-14-12-10-8-6-2/h19-22,38H,5-18,23-37H2,1-4H3,(H2,42,45,46)/b21-19-,22-20-. The summed E-state index contributed by atoms with van der Waals surface area (Å²) in [6.45, 7) is 7.98. The number of hydrogen-bond donors (Lipinski definition) is 1. The lowest BCUT2D eigenvalue weighted by Crippen LogP contribution is -2.43. The van der Waals surface area contributed by atoms with Crippen LogP contribution in [0, 0.1) is 11.3 Å². The number of Topliss-reactive ketones (excluding diaryl/α,β-unsaturated/α-hetero) is 2. The van der Waals surface area contributed by atoms with E-state index in [9.17, 15) is 18.0 Å². The maximum atomic E-state index is 13.2. The van der Waals surface area contributed by atoms with Crippen molar-refractivity contribution >= 4 is 21.6 Å². The third-order valence-corrected chi connectivity index (χ3v) is 10.5. The van der Waals surface area contributed by atoms with Crippen LogP contribution in [-0.2, 0) is 19.6 Å². The van der Waals surface area contributed by atoms with Gasteiger partial charge in [0.25, 0.3) is 0 Å². The lowest BCUT2D eigenvalue weighted by molar-refractivity contribution is -0.137. The Balaban J connectivity index is 4.25. The number of ketones is 2. The highest BCUT2D eigenvalue weighted by Gasteiger charge is 2.41. The van der Waals surface area contributed by atoms with E-state index in [1.165, 1.54) is 96.3 Å². The Morgan fingerprint density at radius 3 is 1.21 bits per heavy atom. The predicted octanol–water partition coefficient (Wildman–Crippen LogP) is 12.1. The average Bonchev–Trinajstić information content (AvgIpc) is 3.02. The Morgan fingerprint density at radius 2 is 0.851 bits per heavy atom. The van der Waals surface area contributed by atoms with Crippen molar-refractivity contribution in [2.75, 3.05) is 5.75 Å². The lowest BCUT2D eigenvalue weighted by atomic mass is 9.72. The summed E-state index contributed by atoms with van der Waals surface area (Å²) < 4.78 is 24.1. The quantitative estimate of drug-likeness (QED) is 0.0533. The molecule has 1 atom stereocenters. The smallest absolute Gasteiger partial charge is 0.209 e. The Labute approximate surface area is 292 Å². The second kappa shape index (κ2) is 30.8. The van der Waals surface area contributed by atoms with Crippen molar-refractivity contribution in [2.24, 2.45) is 16.5 Å². The first-order valence-corrected chi connectivity index (χ1v) is 21.6.